The largest absolute Gasteiger partial charge is 0.490 e. The zero-order valence-electron chi connectivity index (χ0n) is 10.6. The Morgan fingerprint density at radius 1 is 1.33 bits per heavy atom. The molecule has 0 saturated heterocycles. The summed E-state index contributed by atoms with van der Waals surface area (Å²) in [6.07, 6.45) is 2.30. The smallest absolute Gasteiger partial charge is 0.121 e. The third-order valence-electron chi connectivity index (χ3n) is 3.98. The Balaban J connectivity index is 1.83. The van der Waals surface area contributed by atoms with Crippen molar-refractivity contribution in [1.29, 1.82) is 0 Å². The number of aliphatic hydroxyl groups excluding tert-OH is 1. The molecule has 0 aliphatic heterocycles. The summed E-state index contributed by atoms with van der Waals surface area (Å²) in [6, 6.07) is 9.89. The van der Waals surface area contributed by atoms with Crippen LogP contribution in [0.15, 0.2) is 36.5 Å². The third kappa shape index (κ3) is 1.75. The van der Waals surface area contributed by atoms with Gasteiger partial charge < -0.3 is 9.84 Å². The molecule has 2 unspecified atom stereocenters. The van der Waals surface area contributed by atoms with Gasteiger partial charge in [0.25, 0.3) is 0 Å². The summed E-state index contributed by atoms with van der Waals surface area (Å²) >= 11 is 0. The minimum Gasteiger partial charge on any atom is -0.490 e. The van der Waals surface area contributed by atoms with Crippen molar-refractivity contribution in [2.24, 2.45) is 5.41 Å². The van der Waals surface area contributed by atoms with Gasteiger partial charge in [0.2, 0.25) is 0 Å². The van der Waals surface area contributed by atoms with Crippen molar-refractivity contribution in [2.45, 2.75) is 32.5 Å². The number of fused-ring (bicyclic) bond motifs is 1. The van der Waals surface area contributed by atoms with Crippen molar-refractivity contribution in [2.75, 3.05) is 0 Å². The van der Waals surface area contributed by atoms with Gasteiger partial charge in [-0.1, -0.05) is 19.9 Å². The van der Waals surface area contributed by atoms with Crippen LogP contribution < -0.4 is 4.74 Å². The summed E-state index contributed by atoms with van der Waals surface area (Å²) in [5.74, 6) is 0.825. The molecule has 3 nitrogen and oxygen atoms in total. The number of hydrogen-bond donors (Lipinski definition) is 1. The average molecular weight is 243 g/mol. The molecule has 1 aromatic heterocycles. The van der Waals surface area contributed by atoms with Crippen LogP contribution in [0.1, 0.15) is 20.3 Å². The zero-order valence-corrected chi connectivity index (χ0v) is 10.6. The van der Waals surface area contributed by atoms with Gasteiger partial charge in [-0.15, -0.1) is 0 Å². The topological polar surface area (TPSA) is 42.4 Å². The Bertz CT molecular complexity index is 579. The zero-order chi connectivity index (χ0) is 12.8. The first-order chi connectivity index (χ1) is 8.57. The summed E-state index contributed by atoms with van der Waals surface area (Å²) in [7, 11) is 0. The highest BCUT2D eigenvalue weighted by atomic mass is 16.5. The predicted molar refractivity (Wildman–Crippen MR) is 70.6 cm³/mol. The van der Waals surface area contributed by atoms with Crippen molar-refractivity contribution < 1.29 is 9.84 Å². The van der Waals surface area contributed by atoms with Gasteiger partial charge >= 0.3 is 0 Å². The number of benzene rings is 1. The molecule has 94 valence electrons. The van der Waals surface area contributed by atoms with E-state index in [-0.39, 0.29) is 17.6 Å². The molecule has 1 aromatic carbocycles. The van der Waals surface area contributed by atoms with E-state index in [0.717, 1.165) is 16.7 Å². The monoisotopic (exact) mass is 243 g/mol. The summed E-state index contributed by atoms with van der Waals surface area (Å²) in [6.45, 7) is 4.07. The Kier molecular flexibility index (Phi) is 2.52. The number of aliphatic hydroxyl groups is 1. The molecule has 3 heteroatoms. The maximum atomic E-state index is 9.70. The molecule has 18 heavy (non-hydrogen) atoms. The second kappa shape index (κ2) is 3.95. The highest BCUT2D eigenvalue weighted by molar-refractivity contribution is 5.79. The van der Waals surface area contributed by atoms with E-state index >= 15 is 0 Å². The predicted octanol–water partition coefficient (Wildman–Crippen LogP) is 2.77. The van der Waals surface area contributed by atoms with Gasteiger partial charge in [-0.2, -0.15) is 0 Å². The highest BCUT2D eigenvalue weighted by Gasteiger charge is 2.49. The minimum absolute atomic E-state index is 0.0775. The van der Waals surface area contributed by atoms with Crippen LogP contribution in [0.4, 0.5) is 0 Å². The fourth-order valence-corrected chi connectivity index (χ4v) is 2.35. The first-order valence-corrected chi connectivity index (χ1v) is 6.27. The van der Waals surface area contributed by atoms with Crippen LogP contribution in [0.25, 0.3) is 10.9 Å². The maximum Gasteiger partial charge on any atom is 0.121 e. The van der Waals surface area contributed by atoms with Gasteiger partial charge in [-0.25, -0.2) is 0 Å². The van der Waals surface area contributed by atoms with Crippen molar-refractivity contribution in [3.63, 3.8) is 0 Å². The molecule has 3 rings (SSSR count). The molecule has 1 heterocycles. The molecule has 1 aliphatic rings. The van der Waals surface area contributed by atoms with Crippen LogP contribution in [-0.2, 0) is 0 Å². The maximum absolute atomic E-state index is 9.70. The Hall–Kier alpha value is -1.61. The summed E-state index contributed by atoms with van der Waals surface area (Å²) < 4.78 is 5.94. The van der Waals surface area contributed by atoms with Gasteiger partial charge in [-0.05, 0) is 18.2 Å². The van der Waals surface area contributed by atoms with Gasteiger partial charge in [0.1, 0.15) is 11.9 Å². The molecule has 0 spiro atoms. The average Bonchev–Trinajstić information content (AvgIpc) is 2.38. The van der Waals surface area contributed by atoms with Crippen molar-refractivity contribution >= 4 is 10.9 Å². The molecule has 2 atom stereocenters. The lowest BCUT2D eigenvalue weighted by atomic mass is 9.66. The second-order valence-electron chi connectivity index (χ2n) is 5.54. The van der Waals surface area contributed by atoms with Crippen LogP contribution in [0, 0.1) is 5.41 Å². The molecule has 0 radical (unpaired) electrons. The third-order valence-corrected chi connectivity index (χ3v) is 3.98. The molecule has 1 saturated carbocycles. The van der Waals surface area contributed by atoms with E-state index in [1.165, 1.54) is 0 Å². The fourth-order valence-electron chi connectivity index (χ4n) is 2.35. The van der Waals surface area contributed by atoms with E-state index in [4.69, 9.17) is 4.74 Å². The van der Waals surface area contributed by atoms with E-state index < -0.39 is 0 Å². The lowest BCUT2D eigenvalue weighted by molar-refractivity contribution is -0.134. The number of rotatable bonds is 2. The van der Waals surface area contributed by atoms with Crippen LogP contribution in [0.5, 0.6) is 5.75 Å². The van der Waals surface area contributed by atoms with E-state index in [0.29, 0.717) is 6.42 Å². The summed E-state index contributed by atoms with van der Waals surface area (Å²) in [5.41, 5.74) is 0.770. The van der Waals surface area contributed by atoms with Crippen LogP contribution >= 0.6 is 0 Å². The molecule has 2 aromatic rings. The van der Waals surface area contributed by atoms with Crippen molar-refractivity contribution in [3.8, 4) is 5.75 Å². The van der Waals surface area contributed by atoms with E-state index in [1.54, 1.807) is 6.20 Å². The van der Waals surface area contributed by atoms with E-state index in [2.05, 4.69) is 4.98 Å². The summed E-state index contributed by atoms with van der Waals surface area (Å²) in [5, 5.41) is 10.8. The number of nitrogens with zero attached hydrogens (tertiary/aromatic N) is 1. The number of ether oxygens (including phenoxy) is 1. The van der Waals surface area contributed by atoms with E-state index in [9.17, 15) is 5.11 Å². The standard InChI is InChI=1S/C15H17NO2/c1-15(2)13(17)9-14(15)18-11-6-5-10-4-3-7-16-12(10)8-11/h3-8,13-14,17H,9H2,1-2H3. The minimum atomic E-state index is -0.263. The molecular formula is C15H17NO2. The number of aromatic nitrogens is 1. The van der Waals surface area contributed by atoms with Crippen LogP contribution in [0.2, 0.25) is 0 Å². The van der Waals surface area contributed by atoms with Gasteiger partial charge in [0.05, 0.1) is 11.6 Å². The Labute approximate surface area is 106 Å². The van der Waals surface area contributed by atoms with Crippen molar-refractivity contribution in [1.82, 2.24) is 4.98 Å². The molecular weight excluding hydrogens is 226 g/mol. The molecule has 1 aliphatic carbocycles. The van der Waals surface area contributed by atoms with Gasteiger partial charge in [0.15, 0.2) is 0 Å². The molecule has 1 fully saturated rings. The molecule has 1 N–H and O–H groups in total. The number of pyridine rings is 1. The first-order valence-electron chi connectivity index (χ1n) is 6.27. The molecule has 0 amide bonds. The SMILES string of the molecule is CC1(C)C(O)CC1Oc1ccc2cccnc2c1. The quantitative estimate of drug-likeness (QED) is 0.882. The summed E-state index contributed by atoms with van der Waals surface area (Å²) in [4.78, 5) is 4.31. The number of hydrogen-bond acceptors (Lipinski definition) is 3. The Morgan fingerprint density at radius 2 is 2.17 bits per heavy atom. The van der Waals surface area contributed by atoms with Gasteiger partial charge in [0, 0.05) is 29.5 Å². The van der Waals surface area contributed by atoms with Gasteiger partial charge in [-0.3, -0.25) is 4.98 Å². The van der Waals surface area contributed by atoms with Crippen LogP contribution in [0.3, 0.4) is 0 Å². The highest BCUT2D eigenvalue weighted by Crippen LogP contribution is 2.43. The van der Waals surface area contributed by atoms with E-state index in [1.807, 2.05) is 44.2 Å². The Morgan fingerprint density at radius 3 is 2.89 bits per heavy atom. The lowest BCUT2D eigenvalue weighted by Crippen LogP contribution is -2.56. The van der Waals surface area contributed by atoms with Crippen molar-refractivity contribution in [3.05, 3.63) is 36.5 Å². The fraction of sp³-hybridized carbons (Fsp3) is 0.400. The molecule has 0 bridgehead atoms. The normalized spacial score (nSPS) is 25.7. The lowest BCUT2D eigenvalue weighted by Gasteiger charge is -2.48. The second-order valence-corrected chi connectivity index (χ2v) is 5.54. The first kappa shape index (κ1) is 11.5. The van der Waals surface area contributed by atoms with Crippen LogP contribution in [-0.4, -0.2) is 22.3 Å².